The van der Waals surface area contributed by atoms with Gasteiger partial charge in [-0.05, 0) is 51.3 Å². The van der Waals surface area contributed by atoms with Gasteiger partial charge < -0.3 is 10.2 Å². The zero-order valence-electron chi connectivity index (χ0n) is 13.9. The van der Waals surface area contributed by atoms with Gasteiger partial charge in [-0.2, -0.15) is 0 Å². The van der Waals surface area contributed by atoms with Crippen molar-refractivity contribution in [2.45, 2.75) is 38.1 Å². The molecule has 0 bridgehead atoms. The van der Waals surface area contributed by atoms with Crippen LogP contribution in [0.2, 0.25) is 0 Å². The number of carbonyl (C=O) groups is 2. The molecule has 0 aromatic heterocycles. The molecule has 2 saturated heterocycles. The highest BCUT2D eigenvalue weighted by Gasteiger charge is 2.43. The molecule has 2 aliphatic heterocycles. The van der Waals surface area contributed by atoms with Crippen LogP contribution in [0.4, 0.5) is 4.79 Å². The standard InChI is InChI=1S/C18H25N3O2/c1-18(2)16(22)21(17(23)19-18)11-6-10-20-12-9-15(13-20)14-7-4-3-5-8-14/h3-5,7-8,15H,6,9-13H2,1-2H3,(H,19,23)/t15-/m0/s1. The monoisotopic (exact) mass is 315 g/mol. The Labute approximate surface area is 137 Å². The maximum atomic E-state index is 12.1. The maximum absolute atomic E-state index is 12.1. The molecule has 2 heterocycles. The molecule has 0 spiro atoms. The van der Waals surface area contributed by atoms with Crippen LogP contribution in [0.15, 0.2) is 30.3 Å². The number of amides is 3. The average molecular weight is 315 g/mol. The lowest BCUT2D eigenvalue weighted by molar-refractivity contribution is -0.130. The van der Waals surface area contributed by atoms with Crippen molar-refractivity contribution >= 4 is 11.9 Å². The van der Waals surface area contributed by atoms with Crippen LogP contribution >= 0.6 is 0 Å². The molecule has 1 N–H and O–H groups in total. The minimum absolute atomic E-state index is 0.119. The predicted octanol–water partition coefficient (Wildman–Crippen LogP) is 2.20. The van der Waals surface area contributed by atoms with Crippen molar-refractivity contribution in [3.63, 3.8) is 0 Å². The molecule has 1 aromatic rings. The predicted molar refractivity (Wildman–Crippen MR) is 89.2 cm³/mol. The number of nitrogens with zero attached hydrogens (tertiary/aromatic N) is 2. The third-order valence-electron chi connectivity index (χ3n) is 4.84. The summed E-state index contributed by atoms with van der Waals surface area (Å²) in [5.41, 5.74) is 0.647. The SMILES string of the molecule is CC1(C)NC(=O)N(CCCN2CC[C@H](c3ccccc3)C2)C1=O. The molecule has 1 atom stereocenters. The quantitative estimate of drug-likeness (QED) is 0.848. The summed E-state index contributed by atoms with van der Waals surface area (Å²) in [6, 6.07) is 10.4. The second-order valence-corrected chi connectivity index (χ2v) is 7.06. The van der Waals surface area contributed by atoms with E-state index in [9.17, 15) is 9.59 Å². The number of nitrogens with one attached hydrogen (secondary N) is 1. The van der Waals surface area contributed by atoms with Gasteiger partial charge in [-0.25, -0.2) is 4.79 Å². The normalized spacial score (nSPS) is 24.3. The first-order chi connectivity index (χ1) is 11.0. The molecular formula is C18H25N3O2. The number of likely N-dealkylation sites (tertiary alicyclic amines) is 1. The fourth-order valence-electron chi connectivity index (χ4n) is 3.51. The zero-order valence-corrected chi connectivity index (χ0v) is 13.9. The summed E-state index contributed by atoms with van der Waals surface area (Å²) < 4.78 is 0. The number of urea groups is 1. The van der Waals surface area contributed by atoms with Gasteiger partial charge in [-0.1, -0.05) is 30.3 Å². The minimum Gasteiger partial charge on any atom is -0.324 e. The van der Waals surface area contributed by atoms with E-state index >= 15 is 0 Å². The number of carbonyl (C=O) groups excluding carboxylic acids is 2. The third kappa shape index (κ3) is 3.39. The van der Waals surface area contributed by atoms with Crippen LogP contribution in [0.1, 0.15) is 38.2 Å². The highest BCUT2D eigenvalue weighted by Crippen LogP contribution is 2.27. The summed E-state index contributed by atoms with van der Waals surface area (Å²) in [6.45, 7) is 7.08. The summed E-state index contributed by atoms with van der Waals surface area (Å²) in [5.74, 6) is 0.484. The van der Waals surface area contributed by atoms with E-state index in [1.807, 2.05) is 0 Å². The summed E-state index contributed by atoms with van der Waals surface area (Å²) in [7, 11) is 0. The Balaban J connectivity index is 1.46. The molecule has 3 amide bonds. The number of hydrogen-bond acceptors (Lipinski definition) is 3. The molecule has 2 aliphatic rings. The summed E-state index contributed by atoms with van der Waals surface area (Å²) in [5, 5.41) is 2.72. The van der Waals surface area contributed by atoms with Gasteiger partial charge in [0.25, 0.3) is 5.91 Å². The van der Waals surface area contributed by atoms with Crippen LogP contribution < -0.4 is 5.32 Å². The molecule has 23 heavy (non-hydrogen) atoms. The van der Waals surface area contributed by atoms with Crippen LogP contribution in [0, 0.1) is 0 Å². The third-order valence-corrected chi connectivity index (χ3v) is 4.84. The molecular weight excluding hydrogens is 290 g/mol. The van der Waals surface area contributed by atoms with Crippen molar-refractivity contribution in [2.75, 3.05) is 26.2 Å². The number of rotatable bonds is 5. The van der Waals surface area contributed by atoms with E-state index in [0.29, 0.717) is 12.5 Å². The van der Waals surface area contributed by atoms with Crippen molar-refractivity contribution in [2.24, 2.45) is 0 Å². The van der Waals surface area contributed by atoms with Gasteiger partial charge in [0.15, 0.2) is 0 Å². The van der Waals surface area contributed by atoms with E-state index in [1.54, 1.807) is 13.8 Å². The van der Waals surface area contributed by atoms with E-state index in [0.717, 1.165) is 26.1 Å². The lowest BCUT2D eigenvalue weighted by atomic mass is 9.99. The highest BCUT2D eigenvalue weighted by molar-refractivity contribution is 6.06. The summed E-state index contributed by atoms with van der Waals surface area (Å²) >= 11 is 0. The van der Waals surface area contributed by atoms with Crippen molar-refractivity contribution in [1.82, 2.24) is 15.1 Å². The van der Waals surface area contributed by atoms with Gasteiger partial charge in [0.05, 0.1) is 0 Å². The van der Waals surface area contributed by atoms with E-state index in [2.05, 4.69) is 40.5 Å². The molecule has 0 unspecified atom stereocenters. The van der Waals surface area contributed by atoms with Gasteiger partial charge in [0, 0.05) is 13.1 Å². The Bertz CT molecular complexity index is 585. The average Bonchev–Trinajstić information content (AvgIpc) is 3.06. The van der Waals surface area contributed by atoms with Crippen molar-refractivity contribution in [3.8, 4) is 0 Å². The zero-order chi connectivity index (χ0) is 16.4. The Morgan fingerprint density at radius 1 is 1.17 bits per heavy atom. The Morgan fingerprint density at radius 3 is 2.57 bits per heavy atom. The Kier molecular flexibility index (Phi) is 4.39. The van der Waals surface area contributed by atoms with Crippen LogP contribution in [-0.4, -0.2) is 53.5 Å². The van der Waals surface area contributed by atoms with Crippen molar-refractivity contribution in [3.05, 3.63) is 35.9 Å². The van der Waals surface area contributed by atoms with E-state index in [1.165, 1.54) is 16.9 Å². The first-order valence-electron chi connectivity index (χ1n) is 8.39. The highest BCUT2D eigenvalue weighted by atomic mass is 16.2. The molecule has 2 fully saturated rings. The topological polar surface area (TPSA) is 52.7 Å². The first kappa shape index (κ1) is 16.0. The van der Waals surface area contributed by atoms with Gasteiger partial charge in [0.2, 0.25) is 0 Å². The van der Waals surface area contributed by atoms with Crippen molar-refractivity contribution in [1.29, 1.82) is 0 Å². The number of hydrogen-bond donors (Lipinski definition) is 1. The van der Waals surface area contributed by atoms with E-state index < -0.39 is 5.54 Å². The van der Waals surface area contributed by atoms with Crippen molar-refractivity contribution < 1.29 is 9.59 Å². The van der Waals surface area contributed by atoms with Gasteiger partial charge in [0.1, 0.15) is 5.54 Å². The van der Waals surface area contributed by atoms with Crippen LogP contribution in [0.25, 0.3) is 0 Å². The fraction of sp³-hybridized carbons (Fsp3) is 0.556. The first-order valence-corrected chi connectivity index (χ1v) is 8.39. The molecule has 0 aliphatic carbocycles. The maximum Gasteiger partial charge on any atom is 0.325 e. The minimum atomic E-state index is -0.761. The van der Waals surface area contributed by atoms with Crippen LogP contribution in [0.5, 0.6) is 0 Å². The van der Waals surface area contributed by atoms with E-state index in [-0.39, 0.29) is 11.9 Å². The largest absolute Gasteiger partial charge is 0.325 e. The lowest BCUT2D eigenvalue weighted by Crippen LogP contribution is -2.40. The van der Waals surface area contributed by atoms with Gasteiger partial charge in [-0.15, -0.1) is 0 Å². The number of benzene rings is 1. The van der Waals surface area contributed by atoms with Gasteiger partial charge in [-0.3, -0.25) is 9.69 Å². The molecule has 3 rings (SSSR count). The van der Waals surface area contributed by atoms with Crippen LogP contribution in [-0.2, 0) is 4.79 Å². The number of imide groups is 1. The second-order valence-electron chi connectivity index (χ2n) is 7.06. The van der Waals surface area contributed by atoms with Crippen LogP contribution in [0.3, 0.4) is 0 Å². The summed E-state index contributed by atoms with van der Waals surface area (Å²) in [6.07, 6.45) is 2.01. The molecule has 124 valence electrons. The van der Waals surface area contributed by atoms with Gasteiger partial charge >= 0.3 is 6.03 Å². The molecule has 1 aromatic carbocycles. The Hall–Kier alpha value is -1.88. The molecule has 0 radical (unpaired) electrons. The fourth-order valence-corrected chi connectivity index (χ4v) is 3.51. The Morgan fingerprint density at radius 2 is 1.91 bits per heavy atom. The lowest BCUT2D eigenvalue weighted by Gasteiger charge is -2.19. The summed E-state index contributed by atoms with van der Waals surface area (Å²) in [4.78, 5) is 27.8. The molecule has 0 saturated carbocycles. The molecule has 5 nitrogen and oxygen atoms in total. The second kappa shape index (κ2) is 6.32. The smallest absolute Gasteiger partial charge is 0.324 e. The van der Waals surface area contributed by atoms with E-state index in [4.69, 9.17) is 0 Å². The molecule has 5 heteroatoms.